The Morgan fingerprint density at radius 1 is 1.22 bits per heavy atom. The minimum atomic E-state index is 0.539. The van der Waals surface area contributed by atoms with Crippen molar-refractivity contribution in [3.63, 3.8) is 0 Å². The number of anilines is 1. The number of hydrogen-bond acceptors (Lipinski definition) is 5. The minimum absolute atomic E-state index is 0.539. The summed E-state index contributed by atoms with van der Waals surface area (Å²) in [5, 5.41) is 3.30. The molecule has 0 aliphatic carbocycles. The van der Waals surface area contributed by atoms with E-state index in [9.17, 15) is 0 Å². The Hall–Kier alpha value is -1.75. The third-order valence-electron chi connectivity index (χ3n) is 5.98. The molecular weight excluding hydrogens is 336 g/mol. The van der Waals surface area contributed by atoms with Gasteiger partial charge in [-0.15, -0.1) is 0 Å². The third kappa shape index (κ3) is 4.95. The highest BCUT2D eigenvalue weighted by Gasteiger charge is 2.25. The van der Waals surface area contributed by atoms with E-state index in [0.717, 1.165) is 35.2 Å². The number of ether oxygens (including phenoxy) is 1. The Morgan fingerprint density at radius 2 is 1.93 bits per heavy atom. The molecular formula is C22H36N4O. The summed E-state index contributed by atoms with van der Waals surface area (Å²) in [4.78, 5) is 6.99. The maximum atomic E-state index is 6.18. The van der Waals surface area contributed by atoms with Gasteiger partial charge in [-0.25, -0.2) is 4.99 Å². The summed E-state index contributed by atoms with van der Waals surface area (Å²) in [5.74, 6) is 2.21. The number of amidine groups is 1. The molecule has 0 atom stereocenters. The SMILES string of the molecule is CCCC(CCC)N1CCC(COc2cc(C)c3c(c2)NCN=C3N)CC1. The van der Waals surface area contributed by atoms with Gasteiger partial charge in [0.15, 0.2) is 0 Å². The highest BCUT2D eigenvalue weighted by Crippen LogP contribution is 2.29. The Balaban J connectivity index is 1.52. The van der Waals surface area contributed by atoms with Crippen molar-refractivity contribution in [3.05, 3.63) is 23.3 Å². The van der Waals surface area contributed by atoms with E-state index in [-0.39, 0.29) is 0 Å². The zero-order valence-corrected chi connectivity index (χ0v) is 17.3. The van der Waals surface area contributed by atoms with Crippen molar-refractivity contribution in [2.75, 3.05) is 31.7 Å². The maximum absolute atomic E-state index is 6.18. The number of aryl methyl sites for hydroxylation is 1. The fourth-order valence-electron chi connectivity index (χ4n) is 4.48. The van der Waals surface area contributed by atoms with Crippen molar-refractivity contribution in [1.29, 1.82) is 0 Å². The minimum Gasteiger partial charge on any atom is -0.493 e. The Bertz CT molecular complexity index is 644. The highest BCUT2D eigenvalue weighted by molar-refractivity contribution is 6.05. The van der Waals surface area contributed by atoms with Crippen LogP contribution in [0.5, 0.6) is 5.75 Å². The van der Waals surface area contributed by atoms with Gasteiger partial charge in [0.1, 0.15) is 18.3 Å². The van der Waals surface area contributed by atoms with Gasteiger partial charge in [0, 0.05) is 17.7 Å². The van der Waals surface area contributed by atoms with E-state index in [4.69, 9.17) is 10.5 Å². The van der Waals surface area contributed by atoms with Crippen LogP contribution in [0.1, 0.15) is 63.5 Å². The van der Waals surface area contributed by atoms with E-state index in [0.29, 0.717) is 18.4 Å². The number of likely N-dealkylation sites (tertiary alicyclic amines) is 1. The number of fused-ring (bicyclic) bond motifs is 1. The Morgan fingerprint density at radius 3 is 2.59 bits per heavy atom. The first kappa shape index (κ1) is 20.0. The molecule has 1 saturated heterocycles. The summed E-state index contributed by atoms with van der Waals surface area (Å²) in [6, 6.07) is 4.93. The number of piperidine rings is 1. The number of hydrogen-bond donors (Lipinski definition) is 2. The summed E-state index contributed by atoms with van der Waals surface area (Å²) in [6.07, 6.45) is 7.73. The number of aliphatic imine (C=N–C) groups is 1. The van der Waals surface area contributed by atoms with Gasteiger partial charge >= 0.3 is 0 Å². The van der Waals surface area contributed by atoms with Gasteiger partial charge in [-0.1, -0.05) is 26.7 Å². The second-order valence-corrected chi connectivity index (χ2v) is 8.06. The van der Waals surface area contributed by atoms with Crippen LogP contribution in [-0.2, 0) is 0 Å². The molecule has 0 spiro atoms. The first-order valence-corrected chi connectivity index (χ1v) is 10.7. The summed E-state index contributed by atoms with van der Waals surface area (Å²) < 4.78 is 6.18. The van der Waals surface area contributed by atoms with Crippen molar-refractivity contribution in [2.24, 2.45) is 16.6 Å². The van der Waals surface area contributed by atoms with Crippen LogP contribution in [0, 0.1) is 12.8 Å². The zero-order chi connectivity index (χ0) is 19.2. The molecule has 5 heteroatoms. The monoisotopic (exact) mass is 372 g/mol. The predicted octanol–water partition coefficient (Wildman–Crippen LogP) is 4.14. The van der Waals surface area contributed by atoms with Crippen molar-refractivity contribution in [3.8, 4) is 5.75 Å². The van der Waals surface area contributed by atoms with Crippen molar-refractivity contribution < 1.29 is 4.74 Å². The molecule has 150 valence electrons. The number of nitrogens with one attached hydrogen (secondary N) is 1. The molecule has 1 aromatic rings. The summed E-state index contributed by atoms with van der Waals surface area (Å²) in [7, 11) is 0. The quantitative estimate of drug-likeness (QED) is 0.720. The molecule has 0 unspecified atom stereocenters. The predicted molar refractivity (Wildman–Crippen MR) is 114 cm³/mol. The van der Waals surface area contributed by atoms with E-state index >= 15 is 0 Å². The fourth-order valence-corrected chi connectivity index (χ4v) is 4.48. The smallest absolute Gasteiger partial charge is 0.130 e. The van der Waals surface area contributed by atoms with E-state index in [1.165, 1.54) is 51.6 Å². The Kier molecular flexibility index (Phi) is 7.00. The molecule has 0 aromatic heterocycles. The molecule has 3 N–H and O–H groups in total. The lowest BCUT2D eigenvalue weighted by Crippen LogP contribution is -2.42. The van der Waals surface area contributed by atoms with Gasteiger partial charge in [0.05, 0.1) is 12.3 Å². The molecule has 5 nitrogen and oxygen atoms in total. The van der Waals surface area contributed by atoms with E-state index in [1.54, 1.807) is 0 Å². The van der Waals surface area contributed by atoms with Crippen LogP contribution in [0.25, 0.3) is 0 Å². The second kappa shape index (κ2) is 9.45. The molecule has 2 aliphatic rings. The molecule has 1 aromatic carbocycles. The first-order chi connectivity index (χ1) is 13.1. The van der Waals surface area contributed by atoms with Crippen LogP contribution in [0.15, 0.2) is 17.1 Å². The summed E-state index contributed by atoms with van der Waals surface area (Å²) >= 11 is 0. The lowest BCUT2D eigenvalue weighted by molar-refractivity contribution is 0.0975. The lowest BCUT2D eigenvalue weighted by atomic mass is 9.94. The normalized spacial score (nSPS) is 18.1. The average molecular weight is 373 g/mol. The van der Waals surface area contributed by atoms with Crippen LogP contribution in [0.3, 0.4) is 0 Å². The molecule has 2 aliphatic heterocycles. The molecule has 2 heterocycles. The van der Waals surface area contributed by atoms with E-state index in [2.05, 4.69) is 48.1 Å². The van der Waals surface area contributed by atoms with Crippen LogP contribution in [-0.4, -0.2) is 43.1 Å². The van der Waals surface area contributed by atoms with Gasteiger partial charge in [-0.05, 0) is 63.2 Å². The zero-order valence-electron chi connectivity index (χ0n) is 17.3. The molecule has 3 rings (SSSR count). The summed E-state index contributed by atoms with van der Waals surface area (Å²) in [6.45, 7) is 10.5. The number of nitrogens with two attached hydrogens (primary N) is 1. The van der Waals surface area contributed by atoms with Crippen LogP contribution < -0.4 is 15.8 Å². The molecule has 0 radical (unpaired) electrons. The van der Waals surface area contributed by atoms with Gasteiger partial charge in [0.2, 0.25) is 0 Å². The lowest BCUT2D eigenvalue weighted by Gasteiger charge is -2.37. The number of benzene rings is 1. The van der Waals surface area contributed by atoms with Gasteiger partial charge < -0.3 is 20.7 Å². The topological polar surface area (TPSA) is 62.9 Å². The molecule has 0 saturated carbocycles. The fraction of sp³-hybridized carbons (Fsp3) is 0.682. The standard InChI is InChI=1S/C22H36N4O/c1-4-6-18(7-5-2)26-10-8-17(9-11-26)14-27-19-12-16(3)21-20(13-19)24-15-25-22(21)23/h12-13,17-18,24H,4-11,14-15H2,1-3H3,(H2,23,25). The van der Waals surface area contributed by atoms with Crippen LogP contribution in [0.2, 0.25) is 0 Å². The van der Waals surface area contributed by atoms with Crippen molar-refractivity contribution in [2.45, 2.75) is 65.3 Å². The largest absolute Gasteiger partial charge is 0.493 e. The third-order valence-corrected chi connectivity index (χ3v) is 5.98. The Labute approximate surface area is 164 Å². The molecule has 27 heavy (non-hydrogen) atoms. The molecule has 0 bridgehead atoms. The summed E-state index contributed by atoms with van der Waals surface area (Å²) in [5.41, 5.74) is 9.20. The highest BCUT2D eigenvalue weighted by atomic mass is 16.5. The van der Waals surface area contributed by atoms with Gasteiger partial charge in [-0.3, -0.25) is 0 Å². The van der Waals surface area contributed by atoms with E-state index in [1.807, 2.05) is 0 Å². The van der Waals surface area contributed by atoms with Crippen molar-refractivity contribution >= 4 is 11.5 Å². The van der Waals surface area contributed by atoms with E-state index < -0.39 is 0 Å². The van der Waals surface area contributed by atoms with Gasteiger partial charge in [-0.2, -0.15) is 0 Å². The van der Waals surface area contributed by atoms with Crippen molar-refractivity contribution in [1.82, 2.24) is 4.90 Å². The molecule has 0 amide bonds. The average Bonchev–Trinajstić information content (AvgIpc) is 2.66. The first-order valence-electron chi connectivity index (χ1n) is 10.7. The number of rotatable bonds is 8. The van der Waals surface area contributed by atoms with Crippen LogP contribution in [0.4, 0.5) is 5.69 Å². The van der Waals surface area contributed by atoms with Gasteiger partial charge in [0.25, 0.3) is 0 Å². The van der Waals surface area contributed by atoms with Crippen LogP contribution >= 0.6 is 0 Å². The number of nitrogens with zero attached hydrogens (tertiary/aromatic N) is 2. The maximum Gasteiger partial charge on any atom is 0.130 e. The second-order valence-electron chi connectivity index (χ2n) is 8.06. The molecule has 1 fully saturated rings.